The van der Waals surface area contributed by atoms with Crippen molar-refractivity contribution in [2.75, 3.05) is 0 Å². The Balaban J connectivity index is 0.00000182. The third-order valence-electron chi connectivity index (χ3n) is 4.95. The van der Waals surface area contributed by atoms with Crippen LogP contribution in [-0.2, 0) is 5.60 Å². The van der Waals surface area contributed by atoms with Crippen LogP contribution >= 0.6 is 12.4 Å². The summed E-state index contributed by atoms with van der Waals surface area (Å²) < 4.78 is 5.76. The molecule has 0 radical (unpaired) electrons. The Morgan fingerprint density at radius 3 is 2.48 bits per heavy atom. The number of hydrogen-bond donors (Lipinski definition) is 3. The quantitative estimate of drug-likeness (QED) is 0.653. The Hall–Kier alpha value is -1.92. The maximum atomic E-state index is 10.9. The minimum Gasteiger partial charge on any atom is -0.436 e. The monoisotopic (exact) mass is 360 g/mol. The Bertz CT molecular complexity index is 819. The molecule has 1 aliphatic carbocycles. The van der Waals surface area contributed by atoms with Crippen LogP contribution in [0.5, 0.6) is 0 Å². The lowest BCUT2D eigenvalue weighted by Crippen LogP contribution is -2.56. The van der Waals surface area contributed by atoms with Crippen molar-refractivity contribution in [3.05, 3.63) is 54.1 Å². The highest BCUT2D eigenvalue weighted by molar-refractivity contribution is 5.85. The molecule has 6 heteroatoms. The van der Waals surface area contributed by atoms with Crippen molar-refractivity contribution < 1.29 is 14.6 Å². The molecule has 25 heavy (non-hydrogen) atoms. The molecule has 1 fully saturated rings. The average Bonchev–Trinajstić information content (AvgIpc) is 3.04. The van der Waals surface area contributed by atoms with Gasteiger partial charge in [-0.25, -0.2) is 4.98 Å². The van der Waals surface area contributed by atoms with Crippen LogP contribution in [0, 0.1) is 0 Å². The first-order chi connectivity index (χ1) is 11.6. The van der Waals surface area contributed by atoms with E-state index in [0.717, 1.165) is 23.1 Å². The predicted molar refractivity (Wildman–Crippen MR) is 98.4 cm³/mol. The highest BCUT2D eigenvalue weighted by atomic mass is 35.5. The molecule has 1 aromatic heterocycles. The third kappa shape index (κ3) is 2.93. The molecule has 5 nitrogen and oxygen atoms in total. The summed E-state index contributed by atoms with van der Waals surface area (Å²) >= 11 is 0. The van der Waals surface area contributed by atoms with E-state index < -0.39 is 17.7 Å². The van der Waals surface area contributed by atoms with Gasteiger partial charge in [-0.2, -0.15) is 0 Å². The van der Waals surface area contributed by atoms with Crippen LogP contribution in [0.15, 0.2) is 52.9 Å². The van der Waals surface area contributed by atoms with Gasteiger partial charge >= 0.3 is 0 Å². The summed E-state index contributed by atoms with van der Waals surface area (Å²) in [6.45, 7) is 0. The van der Waals surface area contributed by atoms with Gasteiger partial charge in [0.05, 0.1) is 6.10 Å². The summed E-state index contributed by atoms with van der Waals surface area (Å²) in [6, 6.07) is 14.4. The Morgan fingerprint density at radius 1 is 1.08 bits per heavy atom. The Labute approximate surface area is 151 Å². The van der Waals surface area contributed by atoms with Gasteiger partial charge in [0, 0.05) is 11.6 Å². The fourth-order valence-electron chi connectivity index (χ4n) is 3.50. The van der Waals surface area contributed by atoms with E-state index in [1.54, 1.807) is 12.1 Å². The van der Waals surface area contributed by atoms with Gasteiger partial charge in [0.2, 0.25) is 5.89 Å². The first-order valence-corrected chi connectivity index (χ1v) is 8.21. The number of benzene rings is 2. The standard InChI is InChI=1S/C19H20N2O3.ClH/c20-16-6-3-7-17(22)19(16,23)13-10-8-12(9-11-13)18-21-14-4-1-2-5-15(14)24-18;/h1-2,4-5,8-11,16-17,22-23H,3,6-7,20H2;1H/t16-,17+,19-;/m0./s1. The van der Waals surface area contributed by atoms with Gasteiger partial charge in [0.25, 0.3) is 0 Å². The highest BCUT2D eigenvalue weighted by Crippen LogP contribution is 2.37. The van der Waals surface area contributed by atoms with E-state index in [2.05, 4.69) is 4.98 Å². The van der Waals surface area contributed by atoms with Gasteiger partial charge in [0.15, 0.2) is 5.58 Å². The fourth-order valence-corrected chi connectivity index (χ4v) is 3.50. The lowest BCUT2D eigenvalue weighted by atomic mass is 9.74. The van der Waals surface area contributed by atoms with Crippen molar-refractivity contribution in [1.82, 2.24) is 4.98 Å². The number of halogens is 1. The lowest BCUT2D eigenvalue weighted by molar-refractivity contribution is -0.118. The number of nitrogens with zero attached hydrogens (tertiary/aromatic N) is 1. The second-order valence-electron chi connectivity index (χ2n) is 6.44. The number of aromatic nitrogens is 1. The molecule has 132 valence electrons. The predicted octanol–water partition coefficient (Wildman–Crippen LogP) is 2.98. The summed E-state index contributed by atoms with van der Waals surface area (Å²) in [4.78, 5) is 4.47. The number of para-hydroxylation sites is 2. The van der Waals surface area contributed by atoms with Crippen LogP contribution < -0.4 is 5.73 Å². The van der Waals surface area contributed by atoms with E-state index in [1.807, 2.05) is 36.4 Å². The van der Waals surface area contributed by atoms with Crippen LogP contribution in [0.2, 0.25) is 0 Å². The van der Waals surface area contributed by atoms with Crippen molar-refractivity contribution >= 4 is 23.5 Å². The van der Waals surface area contributed by atoms with Gasteiger partial charge < -0.3 is 20.4 Å². The minimum atomic E-state index is -1.40. The zero-order chi connectivity index (χ0) is 16.7. The second-order valence-corrected chi connectivity index (χ2v) is 6.44. The largest absolute Gasteiger partial charge is 0.436 e. The summed E-state index contributed by atoms with van der Waals surface area (Å²) in [5, 5.41) is 21.2. The minimum absolute atomic E-state index is 0. The molecular formula is C19H21ClN2O3. The van der Waals surface area contributed by atoms with Crippen LogP contribution in [0.3, 0.4) is 0 Å². The second kappa shape index (κ2) is 6.77. The summed E-state index contributed by atoms with van der Waals surface area (Å²) in [5.41, 5.74) is 7.68. The van der Waals surface area contributed by atoms with Crippen molar-refractivity contribution in [3.8, 4) is 11.5 Å². The van der Waals surface area contributed by atoms with E-state index in [4.69, 9.17) is 10.2 Å². The number of aliphatic hydroxyl groups excluding tert-OH is 1. The van der Waals surface area contributed by atoms with Gasteiger partial charge in [-0.1, -0.05) is 24.3 Å². The first-order valence-electron chi connectivity index (χ1n) is 8.21. The van der Waals surface area contributed by atoms with Gasteiger partial charge in [-0.15, -0.1) is 12.4 Å². The van der Waals surface area contributed by atoms with E-state index in [1.165, 1.54) is 0 Å². The molecule has 0 aliphatic heterocycles. The summed E-state index contributed by atoms with van der Waals surface area (Å²) in [5.74, 6) is 0.531. The topological polar surface area (TPSA) is 92.5 Å². The maximum absolute atomic E-state index is 10.9. The molecule has 1 aliphatic rings. The zero-order valence-electron chi connectivity index (χ0n) is 13.6. The molecular weight excluding hydrogens is 340 g/mol. The molecule has 3 atom stereocenters. The van der Waals surface area contributed by atoms with Crippen molar-refractivity contribution in [3.63, 3.8) is 0 Å². The van der Waals surface area contributed by atoms with Crippen LogP contribution in [0.4, 0.5) is 0 Å². The molecule has 4 N–H and O–H groups in total. The number of oxazole rings is 1. The number of aliphatic hydroxyl groups is 2. The summed E-state index contributed by atoms with van der Waals surface area (Å²) in [6.07, 6.45) is 1.22. The SMILES string of the molecule is Cl.N[C@H]1CCC[C@@H](O)[C@]1(O)c1ccc(-c2nc3ccccc3o2)cc1. The van der Waals surface area contributed by atoms with E-state index in [-0.39, 0.29) is 12.4 Å². The molecule has 4 rings (SSSR count). The molecule has 3 aromatic rings. The molecule has 1 heterocycles. The number of hydrogen-bond acceptors (Lipinski definition) is 5. The van der Waals surface area contributed by atoms with Crippen molar-refractivity contribution in [2.45, 2.75) is 37.0 Å². The molecule has 0 saturated heterocycles. The highest BCUT2D eigenvalue weighted by Gasteiger charge is 2.45. The molecule has 2 aromatic carbocycles. The van der Waals surface area contributed by atoms with E-state index in [0.29, 0.717) is 24.3 Å². The molecule has 0 unspecified atom stereocenters. The lowest BCUT2D eigenvalue weighted by Gasteiger charge is -2.42. The van der Waals surface area contributed by atoms with Gasteiger partial charge in [-0.05, 0) is 49.1 Å². The van der Waals surface area contributed by atoms with Crippen molar-refractivity contribution in [2.24, 2.45) is 5.73 Å². The molecule has 0 spiro atoms. The molecule has 0 bridgehead atoms. The number of nitrogens with two attached hydrogens (primary N) is 1. The zero-order valence-corrected chi connectivity index (χ0v) is 14.4. The van der Waals surface area contributed by atoms with Gasteiger partial charge in [-0.3, -0.25) is 0 Å². The summed E-state index contributed by atoms with van der Waals surface area (Å²) in [7, 11) is 0. The smallest absolute Gasteiger partial charge is 0.227 e. The number of fused-ring (bicyclic) bond motifs is 1. The van der Waals surface area contributed by atoms with Crippen molar-refractivity contribution in [1.29, 1.82) is 0 Å². The third-order valence-corrected chi connectivity index (χ3v) is 4.95. The van der Waals surface area contributed by atoms with Crippen LogP contribution in [-0.4, -0.2) is 27.3 Å². The molecule has 1 saturated carbocycles. The van der Waals surface area contributed by atoms with Crippen LogP contribution in [0.25, 0.3) is 22.6 Å². The average molecular weight is 361 g/mol. The normalized spacial score (nSPS) is 26.4. The van der Waals surface area contributed by atoms with E-state index in [9.17, 15) is 10.2 Å². The Morgan fingerprint density at radius 2 is 1.80 bits per heavy atom. The maximum Gasteiger partial charge on any atom is 0.227 e. The van der Waals surface area contributed by atoms with Crippen LogP contribution in [0.1, 0.15) is 24.8 Å². The first kappa shape index (κ1) is 17.9. The van der Waals surface area contributed by atoms with E-state index >= 15 is 0 Å². The molecule has 0 amide bonds. The Kier molecular flexibility index (Phi) is 4.84. The fraction of sp³-hybridized carbons (Fsp3) is 0.316. The number of rotatable bonds is 2. The van der Waals surface area contributed by atoms with Gasteiger partial charge in [0.1, 0.15) is 11.1 Å².